The molecule has 0 N–H and O–H groups in total. The van der Waals surface area contributed by atoms with Crippen LogP contribution in [0.5, 0.6) is 0 Å². The number of hydrogen-bond acceptors (Lipinski definition) is 3. The summed E-state index contributed by atoms with van der Waals surface area (Å²) in [5.41, 5.74) is 0.619. The zero-order valence-corrected chi connectivity index (χ0v) is 15.0. The number of benzene rings is 2. The van der Waals surface area contributed by atoms with Gasteiger partial charge in [0, 0.05) is 31.7 Å². The number of nitrogens with zero attached hydrogens (tertiary/aromatic N) is 2. The van der Waals surface area contributed by atoms with Crippen molar-refractivity contribution in [1.82, 2.24) is 9.21 Å². The number of aryl methyl sites for hydroxylation is 1. The molecular formula is C18H18F2N2O3S. The van der Waals surface area contributed by atoms with E-state index in [1.165, 1.54) is 52.5 Å². The van der Waals surface area contributed by atoms with Gasteiger partial charge in [0.25, 0.3) is 5.91 Å². The fourth-order valence-electron chi connectivity index (χ4n) is 2.83. The van der Waals surface area contributed by atoms with Crippen molar-refractivity contribution in [2.45, 2.75) is 11.8 Å². The zero-order valence-electron chi connectivity index (χ0n) is 14.2. The summed E-state index contributed by atoms with van der Waals surface area (Å²) in [6.45, 7) is 2.26. The van der Waals surface area contributed by atoms with Gasteiger partial charge in [-0.1, -0.05) is 0 Å². The molecule has 5 nitrogen and oxygen atoms in total. The molecule has 1 aliphatic rings. The van der Waals surface area contributed by atoms with Gasteiger partial charge < -0.3 is 4.90 Å². The maximum atomic E-state index is 13.4. The fraction of sp³-hybridized carbons (Fsp3) is 0.278. The highest BCUT2D eigenvalue weighted by atomic mass is 32.2. The van der Waals surface area contributed by atoms with Crippen molar-refractivity contribution >= 4 is 15.9 Å². The van der Waals surface area contributed by atoms with E-state index in [0.29, 0.717) is 5.56 Å². The van der Waals surface area contributed by atoms with Gasteiger partial charge >= 0.3 is 0 Å². The molecule has 0 aliphatic carbocycles. The number of amides is 1. The standard InChI is InChI=1S/C18H18F2N2O3S/c1-13-12-16(6-7-17(13)20)26(24,25)22-10-8-21(9-11-22)18(23)14-2-4-15(19)5-3-14/h2-7,12H,8-11H2,1H3. The lowest BCUT2D eigenvalue weighted by molar-refractivity contribution is 0.0698. The number of carbonyl (C=O) groups excluding carboxylic acids is 1. The molecule has 1 fully saturated rings. The van der Waals surface area contributed by atoms with Crippen LogP contribution in [0.2, 0.25) is 0 Å². The molecule has 8 heteroatoms. The number of hydrogen-bond donors (Lipinski definition) is 0. The van der Waals surface area contributed by atoms with Gasteiger partial charge in [-0.25, -0.2) is 17.2 Å². The molecule has 1 heterocycles. The number of carbonyl (C=O) groups is 1. The number of rotatable bonds is 3. The normalized spacial score (nSPS) is 15.9. The van der Waals surface area contributed by atoms with Crippen LogP contribution in [0.15, 0.2) is 47.4 Å². The molecule has 0 aromatic heterocycles. The van der Waals surface area contributed by atoms with Crippen molar-refractivity contribution in [3.05, 3.63) is 65.2 Å². The highest BCUT2D eigenvalue weighted by Gasteiger charge is 2.30. The molecule has 1 aliphatic heterocycles. The Bertz CT molecular complexity index is 922. The molecule has 3 rings (SSSR count). The second-order valence-electron chi connectivity index (χ2n) is 6.11. The van der Waals surface area contributed by atoms with E-state index in [1.807, 2.05) is 0 Å². The van der Waals surface area contributed by atoms with Crippen molar-refractivity contribution in [3.63, 3.8) is 0 Å². The lowest BCUT2D eigenvalue weighted by Gasteiger charge is -2.34. The number of sulfonamides is 1. The Balaban J connectivity index is 1.70. The Morgan fingerprint density at radius 3 is 2.15 bits per heavy atom. The van der Waals surface area contributed by atoms with Gasteiger partial charge in [0.15, 0.2) is 0 Å². The van der Waals surface area contributed by atoms with Gasteiger partial charge in [-0.15, -0.1) is 0 Å². The van der Waals surface area contributed by atoms with Crippen molar-refractivity contribution in [2.75, 3.05) is 26.2 Å². The van der Waals surface area contributed by atoms with Crippen molar-refractivity contribution in [1.29, 1.82) is 0 Å². The Morgan fingerprint density at radius 1 is 0.962 bits per heavy atom. The van der Waals surface area contributed by atoms with E-state index in [9.17, 15) is 22.0 Å². The summed E-state index contributed by atoms with van der Waals surface area (Å²) in [5, 5.41) is 0. The first-order chi connectivity index (χ1) is 12.3. The molecule has 1 saturated heterocycles. The van der Waals surface area contributed by atoms with Crippen LogP contribution >= 0.6 is 0 Å². The van der Waals surface area contributed by atoms with Crippen LogP contribution in [0.4, 0.5) is 8.78 Å². The summed E-state index contributed by atoms with van der Waals surface area (Å²) in [5.74, 6) is -1.15. The first kappa shape index (κ1) is 18.5. The van der Waals surface area contributed by atoms with Gasteiger partial charge in [-0.3, -0.25) is 4.79 Å². The van der Waals surface area contributed by atoms with Crippen molar-refractivity contribution in [2.24, 2.45) is 0 Å². The van der Waals surface area contributed by atoms with Gasteiger partial charge in [0.2, 0.25) is 10.0 Å². The first-order valence-electron chi connectivity index (χ1n) is 8.10. The summed E-state index contributed by atoms with van der Waals surface area (Å²) in [4.78, 5) is 14.0. The van der Waals surface area contributed by atoms with E-state index in [4.69, 9.17) is 0 Å². The van der Waals surface area contributed by atoms with Gasteiger partial charge in [0.05, 0.1) is 4.90 Å². The van der Waals surface area contributed by atoms with E-state index in [0.717, 1.165) is 6.07 Å². The lowest BCUT2D eigenvalue weighted by Crippen LogP contribution is -2.50. The molecule has 0 radical (unpaired) electrons. The van der Waals surface area contributed by atoms with Crippen LogP contribution in [-0.4, -0.2) is 49.7 Å². The molecule has 0 unspecified atom stereocenters. The van der Waals surface area contributed by atoms with Crippen LogP contribution in [-0.2, 0) is 10.0 Å². The minimum atomic E-state index is -3.74. The molecule has 0 atom stereocenters. The molecular weight excluding hydrogens is 362 g/mol. The summed E-state index contributed by atoms with van der Waals surface area (Å²) < 4.78 is 53.0. The predicted molar refractivity (Wildman–Crippen MR) is 92.2 cm³/mol. The van der Waals surface area contributed by atoms with E-state index >= 15 is 0 Å². The summed E-state index contributed by atoms with van der Waals surface area (Å²) >= 11 is 0. The zero-order chi connectivity index (χ0) is 18.9. The third-order valence-corrected chi connectivity index (χ3v) is 6.28. The van der Waals surface area contributed by atoms with E-state index in [2.05, 4.69) is 0 Å². The average molecular weight is 380 g/mol. The monoisotopic (exact) mass is 380 g/mol. The minimum Gasteiger partial charge on any atom is -0.336 e. The predicted octanol–water partition coefficient (Wildman–Crippen LogP) is 2.42. The second-order valence-corrected chi connectivity index (χ2v) is 8.05. The number of halogens is 2. The molecule has 1 amide bonds. The quantitative estimate of drug-likeness (QED) is 0.822. The molecule has 0 saturated carbocycles. The molecule has 0 spiro atoms. The fourth-order valence-corrected chi connectivity index (χ4v) is 4.34. The van der Waals surface area contributed by atoms with Crippen LogP contribution in [0.3, 0.4) is 0 Å². The summed E-state index contributed by atoms with van der Waals surface area (Å²) in [7, 11) is -3.74. The van der Waals surface area contributed by atoms with Gasteiger partial charge in [-0.05, 0) is 55.0 Å². The first-order valence-corrected chi connectivity index (χ1v) is 9.54. The summed E-state index contributed by atoms with van der Waals surface area (Å²) in [6.07, 6.45) is 0. The van der Waals surface area contributed by atoms with Crippen molar-refractivity contribution < 1.29 is 22.0 Å². The van der Waals surface area contributed by atoms with Crippen LogP contribution in [0.1, 0.15) is 15.9 Å². The molecule has 26 heavy (non-hydrogen) atoms. The third kappa shape index (κ3) is 3.61. The SMILES string of the molecule is Cc1cc(S(=O)(=O)N2CCN(C(=O)c3ccc(F)cc3)CC2)ccc1F. The van der Waals surface area contributed by atoms with E-state index < -0.39 is 21.7 Å². The van der Waals surface area contributed by atoms with E-state index in [-0.39, 0.29) is 42.5 Å². The van der Waals surface area contributed by atoms with Crippen LogP contribution in [0, 0.1) is 18.6 Å². The van der Waals surface area contributed by atoms with Crippen LogP contribution < -0.4 is 0 Å². The highest BCUT2D eigenvalue weighted by molar-refractivity contribution is 7.89. The third-order valence-electron chi connectivity index (χ3n) is 4.38. The minimum absolute atomic E-state index is 0.0368. The van der Waals surface area contributed by atoms with Gasteiger partial charge in [0.1, 0.15) is 11.6 Å². The maximum absolute atomic E-state index is 13.4. The largest absolute Gasteiger partial charge is 0.336 e. The van der Waals surface area contributed by atoms with Crippen molar-refractivity contribution in [3.8, 4) is 0 Å². The second kappa shape index (κ2) is 7.13. The lowest BCUT2D eigenvalue weighted by atomic mass is 10.2. The average Bonchev–Trinajstić information content (AvgIpc) is 2.64. The Labute approximate surface area is 150 Å². The van der Waals surface area contributed by atoms with Crippen LogP contribution in [0.25, 0.3) is 0 Å². The topological polar surface area (TPSA) is 57.7 Å². The molecule has 0 bridgehead atoms. The Hall–Kier alpha value is -2.32. The Morgan fingerprint density at radius 2 is 1.58 bits per heavy atom. The molecule has 138 valence electrons. The summed E-state index contributed by atoms with van der Waals surface area (Å²) in [6, 6.07) is 8.92. The van der Waals surface area contributed by atoms with Gasteiger partial charge in [-0.2, -0.15) is 4.31 Å². The Kier molecular flexibility index (Phi) is 5.06. The molecule has 2 aromatic carbocycles. The van der Waals surface area contributed by atoms with E-state index in [1.54, 1.807) is 0 Å². The molecule has 2 aromatic rings. The maximum Gasteiger partial charge on any atom is 0.253 e. The number of piperazine rings is 1. The smallest absolute Gasteiger partial charge is 0.253 e. The highest BCUT2D eigenvalue weighted by Crippen LogP contribution is 2.21.